The lowest BCUT2D eigenvalue weighted by Gasteiger charge is -2.27. The van der Waals surface area contributed by atoms with Crippen LogP contribution in [0.1, 0.15) is 46.2 Å². The van der Waals surface area contributed by atoms with E-state index in [2.05, 4.69) is 10.6 Å². The maximum Gasteiger partial charge on any atom is 0.419 e. The van der Waals surface area contributed by atoms with Crippen molar-refractivity contribution >= 4 is 11.9 Å². The van der Waals surface area contributed by atoms with Crippen molar-refractivity contribution in [3.05, 3.63) is 179 Å². The molecule has 0 amide bonds. The van der Waals surface area contributed by atoms with Gasteiger partial charge in [0.25, 0.3) is 0 Å². The number of methoxy groups -OCH3 is 4. The highest BCUT2D eigenvalue weighted by Crippen LogP contribution is 2.34. The largest absolute Gasteiger partial charge is 0.493 e. The summed E-state index contributed by atoms with van der Waals surface area (Å²) in [5, 5.41) is 6.32. The molecule has 4 atom stereocenters. The zero-order valence-corrected chi connectivity index (χ0v) is 39.8. The van der Waals surface area contributed by atoms with Gasteiger partial charge >= 0.3 is 24.3 Å². The second-order valence-corrected chi connectivity index (χ2v) is 16.3. The van der Waals surface area contributed by atoms with Gasteiger partial charge in [-0.15, -0.1) is 0 Å². The van der Waals surface area contributed by atoms with E-state index in [9.17, 15) is 35.9 Å². The standard InChI is InChI=1S/C54H54F6N2O10/c1-65-45-25-15-37(29-47(45)67-3)27-43(69-41-21-17-39(18-22-41)53(55,56)57)31-49(61-33-35-11-7-5-8-12-35)71-51(63)52(64)72-50(62-34-36-13-9-6-10-14-36)32-44(28-38-16-26-46(66-2)48(30-38)68-4)70-42-23-19-40(20-24-42)54(58,59)60/h5-26,29-30,43-44,49-50,61-62H,27-28,31-34H2,1-4H3. The maximum absolute atomic E-state index is 14.0. The molecule has 72 heavy (non-hydrogen) atoms. The summed E-state index contributed by atoms with van der Waals surface area (Å²) in [7, 11) is 5.89. The smallest absolute Gasteiger partial charge is 0.419 e. The molecule has 2 N–H and O–H groups in total. The van der Waals surface area contributed by atoms with Crippen LogP contribution in [0.4, 0.5) is 26.3 Å². The van der Waals surface area contributed by atoms with Crippen LogP contribution < -0.4 is 39.1 Å². The number of alkyl halides is 6. The van der Waals surface area contributed by atoms with Gasteiger partial charge < -0.3 is 37.9 Å². The van der Waals surface area contributed by atoms with Gasteiger partial charge in [0.05, 0.1) is 39.6 Å². The van der Waals surface area contributed by atoms with Crippen molar-refractivity contribution in [1.82, 2.24) is 10.6 Å². The first-order chi connectivity index (χ1) is 34.5. The molecule has 6 aromatic carbocycles. The zero-order chi connectivity index (χ0) is 51.7. The molecule has 0 aliphatic carbocycles. The van der Waals surface area contributed by atoms with Crippen LogP contribution in [-0.2, 0) is 57.3 Å². The van der Waals surface area contributed by atoms with Crippen LogP contribution in [0.2, 0.25) is 0 Å². The normalized spacial score (nSPS) is 13.2. The minimum Gasteiger partial charge on any atom is -0.493 e. The molecule has 0 aliphatic rings. The van der Waals surface area contributed by atoms with Crippen molar-refractivity contribution in [3.8, 4) is 34.5 Å². The van der Waals surface area contributed by atoms with Crippen LogP contribution in [0.5, 0.6) is 34.5 Å². The predicted molar refractivity (Wildman–Crippen MR) is 254 cm³/mol. The SMILES string of the molecule is COc1ccc(CC(CC(NCc2ccccc2)OC(=O)C(=O)OC(CC(Cc2ccc(OC)c(OC)c2)Oc2ccc(C(F)(F)F)cc2)NCc2ccccc2)Oc2ccc(C(F)(F)F)cc2)cc1OC. The highest BCUT2D eigenvalue weighted by atomic mass is 19.4. The van der Waals surface area contributed by atoms with E-state index in [1.165, 1.54) is 52.7 Å². The highest BCUT2D eigenvalue weighted by molar-refractivity contribution is 6.29. The summed E-state index contributed by atoms with van der Waals surface area (Å²) < 4.78 is 127. The van der Waals surface area contributed by atoms with Gasteiger partial charge in [0, 0.05) is 38.8 Å². The lowest BCUT2D eigenvalue weighted by atomic mass is 10.0. The highest BCUT2D eigenvalue weighted by Gasteiger charge is 2.33. The van der Waals surface area contributed by atoms with E-state index in [0.717, 1.165) is 35.4 Å². The number of halogens is 6. The Balaban J connectivity index is 1.28. The molecule has 382 valence electrons. The average molecular weight is 1010 g/mol. The van der Waals surface area contributed by atoms with Crippen LogP contribution >= 0.6 is 0 Å². The van der Waals surface area contributed by atoms with E-state index in [1.54, 1.807) is 36.4 Å². The third-order valence-electron chi connectivity index (χ3n) is 11.2. The van der Waals surface area contributed by atoms with Crippen molar-refractivity contribution in [3.63, 3.8) is 0 Å². The fourth-order valence-electron chi connectivity index (χ4n) is 7.55. The van der Waals surface area contributed by atoms with E-state index < -0.39 is 60.1 Å². The number of carbonyl (C=O) groups is 2. The summed E-state index contributed by atoms with van der Waals surface area (Å²) >= 11 is 0. The van der Waals surface area contributed by atoms with E-state index in [0.29, 0.717) is 34.1 Å². The molecule has 0 saturated heterocycles. The second kappa shape index (κ2) is 25.6. The van der Waals surface area contributed by atoms with Gasteiger partial charge in [-0.3, -0.25) is 10.6 Å². The minimum absolute atomic E-state index is 0.0921. The Bertz CT molecular complexity index is 2460. The van der Waals surface area contributed by atoms with Crippen LogP contribution in [-0.4, -0.2) is 65.0 Å². The quantitative estimate of drug-likeness (QED) is 0.0259. The first-order valence-electron chi connectivity index (χ1n) is 22.6. The van der Waals surface area contributed by atoms with Crippen LogP contribution in [0.25, 0.3) is 0 Å². The molecular formula is C54H54F6N2O10. The van der Waals surface area contributed by atoms with E-state index >= 15 is 0 Å². The van der Waals surface area contributed by atoms with Crippen LogP contribution in [0.15, 0.2) is 146 Å². The molecule has 0 saturated carbocycles. The monoisotopic (exact) mass is 1000 g/mol. The molecule has 0 spiro atoms. The molecule has 0 fully saturated rings. The van der Waals surface area contributed by atoms with Crippen molar-refractivity contribution in [2.24, 2.45) is 0 Å². The molecule has 0 bridgehead atoms. The summed E-state index contributed by atoms with van der Waals surface area (Å²) in [5.41, 5.74) is 1.17. The van der Waals surface area contributed by atoms with Gasteiger partial charge in [0.15, 0.2) is 35.5 Å². The first kappa shape index (κ1) is 53.9. The molecule has 6 rings (SSSR count). The zero-order valence-electron chi connectivity index (χ0n) is 39.8. The molecule has 0 radical (unpaired) electrons. The van der Waals surface area contributed by atoms with E-state index in [4.69, 9.17) is 37.9 Å². The summed E-state index contributed by atoms with van der Waals surface area (Å²) in [6.07, 6.45) is -13.5. The predicted octanol–water partition coefficient (Wildman–Crippen LogP) is 10.5. The molecular weight excluding hydrogens is 951 g/mol. The second-order valence-electron chi connectivity index (χ2n) is 16.3. The average Bonchev–Trinajstić information content (AvgIpc) is 3.37. The van der Waals surface area contributed by atoms with Gasteiger partial charge in [-0.05, 0) is 95.1 Å². The van der Waals surface area contributed by atoms with Crippen LogP contribution in [0.3, 0.4) is 0 Å². The Hall–Kier alpha value is -7.44. The third kappa shape index (κ3) is 16.3. The van der Waals surface area contributed by atoms with Gasteiger partial charge in [0.2, 0.25) is 0 Å². The van der Waals surface area contributed by atoms with Gasteiger partial charge in [-0.1, -0.05) is 72.8 Å². The van der Waals surface area contributed by atoms with Gasteiger partial charge in [-0.25, -0.2) is 9.59 Å². The number of ether oxygens (including phenoxy) is 8. The summed E-state index contributed by atoms with van der Waals surface area (Å²) in [6.45, 7) is 0.301. The van der Waals surface area contributed by atoms with Crippen molar-refractivity contribution in [1.29, 1.82) is 0 Å². The Labute approximate surface area is 413 Å². The number of nitrogens with one attached hydrogen (secondary N) is 2. The molecule has 0 aliphatic heterocycles. The van der Waals surface area contributed by atoms with Crippen LogP contribution in [0, 0.1) is 0 Å². The third-order valence-corrected chi connectivity index (χ3v) is 11.2. The summed E-state index contributed by atoms with van der Waals surface area (Å²) in [6, 6.07) is 36.8. The Morgan fingerprint density at radius 2 is 0.792 bits per heavy atom. The number of esters is 2. The first-order valence-corrected chi connectivity index (χ1v) is 22.6. The summed E-state index contributed by atoms with van der Waals surface area (Å²) in [4.78, 5) is 28.0. The fourth-order valence-corrected chi connectivity index (χ4v) is 7.55. The maximum atomic E-state index is 14.0. The topological polar surface area (TPSA) is 132 Å². The van der Waals surface area contributed by atoms with Gasteiger partial charge in [0.1, 0.15) is 23.7 Å². The molecule has 0 aromatic heterocycles. The number of carbonyl (C=O) groups excluding carboxylic acids is 2. The Kier molecular flexibility index (Phi) is 19.2. The van der Waals surface area contributed by atoms with Crippen molar-refractivity contribution < 1.29 is 73.8 Å². The van der Waals surface area contributed by atoms with Crippen molar-refractivity contribution in [2.75, 3.05) is 28.4 Å². The lowest BCUT2D eigenvalue weighted by molar-refractivity contribution is -0.177. The Morgan fingerprint density at radius 1 is 0.444 bits per heavy atom. The number of hydrogen-bond acceptors (Lipinski definition) is 12. The summed E-state index contributed by atoms with van der Waals surface area (Å²) in [5.74, 6) is -0.899. The number of hydrogen-bond donors (Lipinski definition) is 2. The minimum atomic E-state index is -4.59. The molecule has 6 aromatic rings. The Morgan fingerprint density at radius 3 is 1.11 bits per heavy atom. The van der Waals surface area contributed by atoms with Gasteiger partial charge in [-0.2, -0.15) is 26.3 Å². The van der Waals surface area contributed by atoms with E-state index in [-0.39, 0.29) is 50.3 Å². The molecule has 4 unspecified atom stereocenters. The van der Waals surface area contributed by atoms with E-state index in [1.807, 2.05) is 60.7 Å². The fraction of sp³-hybridized carbons (Fsp3) is 0.296. The molecule has 0 heterocycles. The molecule has 18 heteroatoms. The lowest BCUT2D eigenvalue weighted by Crippen LogP contribution is -2.43. The van der Waals surface area contributed by atoms with Crippen molar-refractivity contribution in [2.45, 2.75) is 75.8 Å². The molecule has 12 nitrogen and oxygen atoms in total. The number of rotatable bonds is 24. The number of benzene rings is 6.